The van der Waals surface area contributed by atoms with Gasteiger partial charge in [-0.25, -0.2) is 0 Å². The molecule has 0 spiro atoms. The van der Waals surface area contributed by atoms with Crippen LogP contribution in [0.3, 0.4) is 0 Å². The van der Waals surface area contributed by atoms with Crippen LogP contribution in [-0.2, 0) is 14.9 Å². The van der Waals surface area contributed by atoms with Crippen molar-refractivity contribution in [2.75, 3.05) is 11.9 Å². The number of hydrogen-bond acceptors (Lipinski definition) is 5. The minimum atomic E-state index is -3.94. The fraction of sp³-hybridized carbons (Fsp3) is 0.208. The predicted octanol–water partition coefficient (Wildman–Crippen LogP) is 4.47. The Hall–Kier alpha value is -2.68. The lowest BCUT2D eigenvalue weighted by atomic mass is 10.0. The summed E-state index contributed by atoms with van der Waals surface area (Å²) in [4.78, 5) is 14.2. The molecule has 0 saturated heterocycles. The van der Waals surface area contributed by atoms with Crippen LogP contribution in [0.2, 0.25) is 0 Å². The molecular formula is C24H24BrNO5S. The van der Waals surface area contributed by atoms with E-state index < -0.39 is 16.2 Å². The zero-order valence-electron chi connectivity index (χ0n) is 17.5. The Morgan fingerprint density at radius 1 is 0.938 bits per heavy atom. The van der Waals surface area contributed by atoms with Gasteiger partial charge in [-0.1, -0.05) is 76.6 Å². The number of aliphatic hydroxyl groups excluding tert-OH is 1. The number of alkyl halides is 1. The van der Waals surface area contributed by atoms with Crippen LogP contribution in [0.5, 0.6) is 5.75 Å². The molecule has 0 aliphatic rings. The lowest BCUT2D eigenvalue weighted by Crippen LogP contribution is -2.37. The van der Waals surface area contributed by atoms with Crippen molar-refractivity contribution in [2.24, 2.45) is 0 Å². The van der Waals surface area contributed by atoms with Crippen LogP contribution < -0.4 is 4.18 Å². The number of rotatable bonds is 9. The molecule has 3 rings (SSSR count). The summed E-state index contributed by atoms with van der Waals surface area (Å²) in [5.41, 5.74) is 1.51. The molecule has 0 unspecified atom stereocenters. The van der Waals surface area contributed by atoms with E-state index in [4.69, 9.17) is 4.18 Å². The highest BCUT2D eigenvalue weighted by atomic mass is 79.9. The molecule has 32 heavy (non-hydrogen) atoms. The van der Waals surface area contributed by atoms with Crippen molar-refractivity contribution in [2.45, 2.75) is 24.0 Å². The van der Waals surface area contributed by atoms with E-state index in [1.165, 1.54) is 24.3 Å². The summed E-state index contributed by atoms with van der Waals surface area (Å²) in [5.74, 6) is -0.00911. The second kappa shape index (κ2) is 10.8. The summed E-state index contributed by atoms with van der Waals surface area (Å²) in [6.07, 6.45) is -0.955. The van der Waals surface area contributed by atoms with E-state index in [-0.39, 0.29) is 34.5 Å². The highest BCUT2D eigenvalue weighted by Crippen LogP contribution is 2.26. The SMILES string of the molecule is C[C@@H](c1ccccc1)N(C[C@H](O)c1ccc(OS(=O)(=O)c2ccccc2)cc1)C(=O)CBr. The molecule has 6 nitrogen and oxygen atoms in total. The second-order valence-electron chi connectivity index (χ2n) is 7.20. The van der Waals surface area contributed by atoms with Crippen LogP contribution in [0, 0.1) is 0 Å². The minimum absolute atomic E-state index is 0.0583. The van der Waals surface area contributed by atoms with Crippen LogP contribution in [0.1, 0.15) is 30.2 Å². The van der Waals surface area contributed by atoms with Crippen molar-refractivity contribution in [3.05, 3.63) is 96.1 Å². The van der Waals surface area contributed by atoms with Crippen molar-refractivity contribution < 1.29 is 22.5 Å². The molecular weight excluding hydrogens is 494 g/mol. The van der Waals surface area contributed by atoms with Gasteiger partial charge in [0.25, 0.3) is 0 Å². The number of amides is 1. The molecule has 0 aromatic heterocycles. The Morgan fingerprint density at radius 2 is 1.50 bits per heavy atom. The molecule has 3 aromatic carbocycles. The van der Waals surface area contributed by atoms with E-state index in [9.17, 15) is 18.3 Å². The van der Waals surface area contributed by atoms with Crippen molar-refractivity contribution in [3.8, 4) is 5.75 Å². The fourth-order valence-corrected chi connectivity index (χ4v) is 4.54. The molecule has 0 aliphatic carbocycles. The van der Waals surface area contributed by atoms with Crippen LogP contribution in [0.4, 0.5) is 0 Å². The normalized spacial score (nSPS) is 13.2. The predicted molar refractivity (Wildman–Crippen MR) is 126 cm³/mol. The Bertz CT molecular complexity index is 1120. The first-order chi connectivity index (χ1) is 15.3. The number of nitrogens with zero attached hydrogens (tertiary/aromatic N) is 1. The molecule has 0 bridgehead atoms. The zero-order chi connectivity index (χ0) is 23.1. The van der Waals surface area contributed by atoms with Crippen LogP contribution >= 0.6 is 15.9 Å². The van der Waals surface area contributed by atoms with Gasteiger partial charge in [-0.05, 0) is 42.3 Å². The molecule has 1 amide bonds. The van der Waals surface area contributed by atoms with E-state index in [0.717, 1.165) is 5.56 Å². The van der Waals surface area contributed by atoms with E-state index in [0.29, 0.717) is 5.56 Å². The third kappa shape index (κ3) is 5.97. The van der Waals surface area contributed by atoms with Crippen molar-refractivity contribution in [1.29, 1.82) is 0 Å². The number of aliphatic hydroxyl groups is 1. The van der Waals surface area contributed by atoms with Crippen molar-refractivity contribution in [3.63, 3.8) is 0 Å². The number of halogens is 1. The highest BCUT2D eigenvalue weighted by molar-refractivity contribution is 9.09. The standard InChI is InChI=1S/C24H24BrNO5S/c1-18(19-8-4-2-5-9-19)26(24(28)16-25)17-23(27)20-12-14-21(15-13-20)31-32(29,30)22-10-6-3-7-11-22/h2-15,18,23,27H,16-17H2,1H3/t18-,23-/m0/s1. The monoisotopic (exact) mass is 517 g/mol. The largest absolute Gasteiger partial charge is 0.387 e. The molecule has 168 valence electrons. The molecule has 8 heteroatoms. The van der Waals surface area contributed by atoms with Gasteiger partial charge in [0.2, 0.25) is 5.91 Å². The Morgan fingerprint density at radius 3 is 2.06 bits per heavy atom. The van der Waals surface area contributed by atoms with Gasteiger partial charge in [0.1, 0.15) is 10.6 Å². The van der Waals surface area contributed by atoms with Gasteiger partial charge in [-0.2, -0.15) is 8.42 Å². The zero-order valence-corrected chi connectivity index (χ0v) is 19.9. The van der Waals surface area contributed by atoms with Crippen molar-refractivity contribution in [1.82, 2.24) is 4.90 Å². The quantitative estimate of drug-likeness (QED) is 0.334. The average molecular weight is 518 g/mol. The Labute approximate surface area is 196 Å². The number of benzene rings is 3. The smallest absolute Gasteiger partial charge is 0.339 e. The lowest BCUT2D eigenvalue weighted by molar-refractivity contribution is -0.132. The summed E-state index contributed by atoms with van der Waals surface area (Å²) in [5, 5.41) is 10.9. The Balaban J connectivity index is 1.72. The third-order valence-electron chi connectivity index (χ3n) is 5.06. The average Bonchev–Trinajstić information content (AvgIpc) is 2.83. The first-order valence-corrected chi connectivity index (χ1v) is 12.5. The molecule has 2 atom stereocenters. The summed E-state index contributed by atoms with van der Waals surface area (Å²) < 4.78 is 29.9. The summed E-state index contributed by atoms with van der Waals surface area (Å²) in [7, 11) is -3.94. The first kappa shape index (κ1) is 24.0. The van der Waals surface area contributed by atoms with E-state index in [2.05, 4.69) is 15.9 Å². The molecule has 0 fully saturated rings. The molecule has 1 N–H and O–H groups in total. The summed E-state index contributed by atoms with van der Waals surface area (Å²) >= 11 is 3.21. The second-order valence-corrected chi connectivity index (χ2v) is 9.31. The number of carbonyl (C=O) groups is 1. The number of hydrogen-bond donors (Lipinski definition) is 1. The van der Waals surface area contributed by atoms with Gasteiger partial charge < -0.3 is 14.2 Å². The van der Waals surface area contributed by atoms with E-state index >= 15 is 0 Å². The van der Waals surface area contributed by atoms with Gasteiger partial charge >= 0.3 is 10.1 Å². The van der Waals surface area contributed by atoms with Gasteiger partial charge in [-0.3, -0.25) is 4.79 Å². The van der Waals surface area contributed by atoms with Gasteiger partial charge in [0, 0.05) is 0 Å². The maximum atomic E-state index is 12.5. The van der Waals surface area contributed by atoms with Crippen LogP contribution in [0.25, 0.3) is 0 Å². The summed E-state index contributed by atoms with van der Waals surface area (Å²) in [6, 6.07) is 23.4. The molecule has 0 aliphatic heterocycles. The maximum Gasteiger partial charge on any atom is 0.339 e. The van der Waals surface area contributed by atoms with Crippen molar-refractivity contribution >= 4 is 32.0 Å². The fourth-order valence-electron chi connectivity index (χ4n) is 3.26. The maximum absolute atomic E-state index is 12.5. The van der Waals surface area contributed by atoms with Gasteiger partial charge in [0.15, 0.2) is 0 Å². The van der Waals surface area contributed by atoms with E-state index in [1.807, 2.05) is 37.3 Å². The summed E-state index contributed by atoms with van der Waals surface area (Å²) in [6.45, 7) is 2.00. The van der Waals surface area contributed by atoms with Crippen LogP contribution in [-0.4, -0.2) is 36.2 Å². The molecule has 3 aromatic rings. The number of carbonyl (C=O) groups excluding carboxylic acids is 1. The molecule has 0 heterocycles. The molecule has 0 saturated carbocycles. The molecule has 0 radical (unpaired) electrons. The third-order valence-corrected chi connectivity index (χ3v) is 6.80. The van der Waals surface area contributed by atoms with Crippen LogP contribution in [0.15, 0.2) is 89.8 Å². The lowest BCUT2D eigenvalue weighted by Gasteiger charge is -2.31. The van der Waals surface area contributed by atoms with E-state index in [1.54, 1.807) is 35.2 Å². The van der Waals surface area contributed by atoms with Gasteiger partial charge in [-0.15, -0.1) is 0 Å². The van der Waals surface area contributed by atoms with Gasteiger partial charge in [0.05, 0.1) is 24.0 Å². The minimum Gasteiger partial charge on any atom is -0.387 e. The topological polar surface area (TPSA) is 83.9 Å². The Kier molecular flexibility index (Phi) is 8.06. The highest BCUT2D eigenvalue weighted by Gasteiger charge is 2.24. The first-order valence-electron chi connectivity index (χ1n) is 10.00.